The number of hydrogen-bond donors (Lipinski definition) is 2. The summed E-state index contributed by atoms with van der Waals surface area (Å²) in [6.45, 7) is 3.44. The van der Waals surface area contributed by atoms with Crippen LogP contribution in [0.5, 0.6) is 0 Å². The van der Waals surface area contributed by atoms with Crippen molar-refractivity contribution in [3.63, 3.8) is 0 Å². The summed E-state index contributed by atoms with van der Waals surface area (Å²) in [6.07, 6.45) is 0. The molecule has 1 aliphatic rings. The first-order valence-electron chi connectivity index (χ1n) is 7.67. The molecule has 1 aromatic rings. The van der Waals surface area contributed by atoms with Crippen molar-refractivity contribution in [2.45, 2.75) is 13.0 Å². The molecule has 24 heavy (non-hydrogen) atoms. The van der Waals surface area contributed by atoms with Crippen molar-refractivity contribution in [3.05, 3.63) is 34.9 Å². The number of morpholine rings is 1. The van der Waals surface area contributed by atoms with Gasteiger partial charge >= 0.3 is 0 Å². The van der Waals surface area contributed by atoms with Gasteiger partial charge in [0.2, 0.25) is 11.8 Å². The maximum Gasteiger partial charge on any atom is 0.251 e. The zero-order valence-electron chi connectivity index (χ0n) is 13.4. The minimum Gasteiger partial charge on any atom is -0.378 e. The summed E-state index contributed by atoms with van der Waals surface area (Å²) < 4.78 is 5.19. The van der Waals surface area contributed by atoms with E-state index in [0.717, 1.165) is 0 Å². The lowest BCUT2D eigenvalue weighted by molar-refractivity contribution is -0.139. The molecule has 0 spiro atoms. The number of carbonyl (C=O) groups excluding carboxylic acids is 3. The minimum absolute atomic E-state index is 0.159. The summed E-state index contributed by atoms with van der Waals surface area (Å²) in [6, 6.07) is 5.77. The minimum atomic E-state index is -0.654. The van der Waals surface area contributed by atoms with Crippen LogP contribution >= 0.6 is 11.6 Å². The maximum atomic E-state index is 12.2. The van der Waals surface area contributed by atoms with Gasteiger partial charge in [0.15, 0.2) is 0 Å². The second-order valence-electron chi connectivity index (χ2n) is 5.42. The number of carbonyl (C=O) groups is 3. The summed E-state index contributed by atoms with van der Waals surface area (Å²) in [4.78, 5) is 37.7. The fourth-order valence-electron chi connectivity index (χ4n) is 2.30. The SMILES string of the molecule is CC(NC(=O)CNC(=O)c1cccc(Cl)c1)C(=O)N1CCOCC1. The molecule has 1 saturated heterocycles. The largest absolute Gasteiger partial charge is 0.378 e. The van der Waals surface area contributed by atoms with E-state index in [1.54, 1.807) is 30.0 Å². The van der Waals surface area contributed by atoms with Crippen LogP contribution < -0.4 is 10.6 Å². The first-order chi connectivity index (χ1) is 11.5. The van der Waals surface area contributed by atoms with Crippen LogP contribution in [0.15, 0.2) is 24.3 Å². The standard InChI is InChI=1S/C16H20ClN3O4/c1-11(16(23)20-5-7-24-8-6-20)19-14(21)10-18-15(22)12-3-2-4-13(17)9-12/h2-4,9,11H,5-8,10H2,1H3,(H,18,22)(H,19,21). The first-order valence-corrected chi connectivity index (χ1v) is 8.05. The number of ether oxygens (including phenoxy) is 1. The van der Waals surface area contributed by atoms with E-state index in [1.807, 2.05) is 0 Å². The second-order valence-corrected chi connectivity index (χ2v) is 5.86. The summed E-state index contributed by atoms with van der Waals surface area (Å²) in [7, 11) is 0. The smallest absolute Gasteiger partial charge is 0.251 e. The molecule has 1 aromatic carbocycles. The van der Waals surface area contributed by atoms with E-state index in [2.05, 4.69) is 10.6 Å². The molecule has 1 aliphatic heterocycles. The molecular formula is C16H20ClN3O4. The van der Waals surface area contributed by atoms with Crippen molar-refractivity contribution in [1.82, 2.24) is 15.5 Å². The Kier molecular flexibility index (Phi) is 6.57. The normalized spacial score (nSPS) is 15.5. The highest BCUT2D eigenvalue weighted by Gasteiger charge is 2.23. The Balaban J connectivity index is 1.78. The lowest BCUT2D eigenvalue weighted by atomic mass is 10.2. The van der Waals surface area contributed by atoms with Gasteiger partial charge in [-0.2, -0.15) is 0 Å². The highest BCUT2D eigenvalue weighted by Crippen LogP contribution is 2.10. The van der Waals surface area contributed by atoms with Crippen LogP contribution in [-0.4, -0.2) is 61.5 Å². The molecule has 0 bridgehead atoms. The molecule has 0 radical (unpaired) electrons. The second kappa shape index (κ2) is 8.65. The fourth-order valence-corrected chi connectivity index (χ4v) is 2.49. The molecular weight excluding hydrogens is 334 g/mol. The van der Waals surface area contributed by atoms with Crippen molar-refractivity contribution in [3.8, 4) is 0 Å². The number of nitrogens with zero attached hydrogens (tertiary/aromatic N) is 1. The highest BCUT2D eigenvalue weighted by molar-refractivity contribution is 6.30. The van der Waals surface area contributed by atoms with Crippen molar-refractivity contribution in [1.29, 1.82) is 0 Å². The van der Waals surface area contributed by atoms with Crippen LogP contribution in [0.1, 0.15) is 17.3 Å². The Morgan fingerprint density at radius 1 is 1.29 bits per heavy atom. The Labute approximate surface area is 145 Å². The zero-order chi connectivity index (χ0) is 17.5. The van der Waals surface area contributed by atoms with E-state index < -0.39 is 17.9 Å². The van der Waals surface area contributed by atoms with Crippen LogP contribution in [-0.2, 0) is 14.3 Å². The van der Waals surface area contributed by atoms with Gasteiger partial charge in [-0.3, -0.25) is 14.4 Å². The number of amides is 3. The number of halogens is 1. The van der Waals surface area contributed by atoms with Gasteiger partial charge in [-0.15, -0.1) is 0 Å². The summed E-state index contributed by atoms with van der Waals surface area (Å²) in [5, 5.41) is 5.52. The fraction of sp³-hybridized carbons (Fsp3) is 0.438. The van der Waals surface area contributed by atoms with Crippen molar-refractivity contribution >= 4 is 29.3 Å². The molecule has 130 valence electrons. The maximum absolute atomic E-state index is 12.2. The van der Waals surface area contributed by atoms with Crippen LogP contribution in [0.2, 0.25) is 5.02 Å². The monoisotopic (exact) mass is 353 g/mol. The molecule has 1 unspecified atom stereocenters. The molecule has 1 heterocycles. The van der Waals surface area contributed by atoms with Gasteiger partial charge in [0.05, 0.1) is 19.8 Å². The van der Waals surface area contributed by atoms with Crippen molar-refractivity contribution in [2.75, 3.05) is 32.8 Å². The molecule has 2 N–H and O–H groups in total. The van der Waals surface area contributed by atoms with Gasteiger partial charge in [0.25, 0.3) is 5.91 Å². The van der Waals surface area contributed by atoms with Crippen LogP contribution in [0, 0.1) is 0 Å². The molecule has 0 saturated carbocycles. The first kappa shape index (κ1) is 18.2. The quantitative estimate of drug-likeness (QED) is 0.803. The van der Waals surface area contributed by atoms with Gasteiger partial charge < -0.3 is 20.3 Å². The van der Waals surface area contributed by atoms with Crippen LogP contribution in [0.4, 0.5) is 0 Å². The van der Waals surface area contributed by atoms with Crippen LogP contribution in [0.3, 0.4) is 0 Å². The lowest BCUT2D eigenvalue weighted by Gasteiger charge is -2.29. The lowest BCUT2D eigenvalue weighted by Crippen LogP contribution is -2.52. The summed E-state index contributed by atoms with van der Waals surface area (Å²) >= 11 is 5.82. The van der Waals surface area contributed by atoms with E-state index >= 15 is 0 Å². The summed E-state index contributed by atoms with van der Waals surface area (Å²) in [5.41, 5.74) is 0.368. The molecule has 8 heteroatoms. The molecule has 0 aromatic heterocycles. The Morgan fingerprint density at radius 3 is 2.67 bits per heavy atom. The van der Waals surface area contributed by atoms with Gasteiger partial charge in [0.1, 0.15) is 6.04 Å². The molecule has 3 amide bonds. The zero-order valence-corrected chi connectivity index (χ0v) is 14.1. The topological polar surface area (TPSA) is 87.7 Å². The van der Waals surface area contributed by atoms with E-state index in [9.17, 15) is 14.4 Å². The average molecular weight is 354 g/mol. The third-order valence-electron chi connectivity index (χ3n) is 3.57. The van der Waals surface area contributed by atoms with Crippen LogP contribution in [0.25, 0.3) is 0 Å². The summed E-state index contributed by atoms with van der Waals surface area (Å²) in [5.74, 6) is -0.993. The number of rotatable bonds is 5. The van der Waals surface area contributed by atoms with Crippen molar-refractivity contribution < 1.29 is 19.1 Å². The van der Waals surface area contributed by atoms with E-state index in [4.69, 9.17) is 16.3 Å². The van der Waals surface area contributed by atoms with E-state index in [0.29, 0.717) is 36.9 Å². The van der Waals surface area contributed by atoms with Gasteiger partial charge in [-0.1, -0.05) is 17.7 Å². The van der Waals surface area contributed by atoms with E-state index in [-0.39, 0.29) is 12.5 Å². The highest BCUT2D eigenvalue weighted by atomic mass is 35.5. The van der Waals surface area contributed by atoms with Gasteiger partial charge in [-0.05, 0) is 25.1 Å². The number of hydrogen-bond acceptors (Lipinski definition) is 4. The molecule has 0 aliphatic carbocycles. The third kappa shape index (κ3) is 5.21. The van der Waals surface area contributed by atoms with Crippen molar-refractivity contribution in [2.24, 2.45) is 0 Å². The van der Waals surface area contributed by atoms with Gasteiger partial charge in [0, 0.05) is 23.7 Å². The third-order valence-corrected chi connectivity index (χ3v) is 3.80. The molecule has 1 fully saturated rings. The Morgan fingerprint density at radius 2 is 2.00 bits per heavy atom. The van der Waals surface area contributed by atoms with Gasteiger partial charge in [-0.25, -0.2) is 0 Å². The molecule has 1 atom stereocenters. The number of benzene rings is 1. The predicted molar refractivity (Wildman–Crippen MR) is 88.8 cm³/mol. The Hall–Kier alpha value is -2.12. The predicted octanol–water partition coefficient (Wildman–Crippen LogP) is 0.433. The van der Waals surface area contributed by atoms with E-state index in [1.165, 1.54) is 6.07 Å². The average Bonchev–Trinajstić information content (AvgIpc) is 2.59. The molecule has 7 nitrogen and oxygen atoms in total. The molecule has 2 rings (SSSR count). The number of nitrogens with one attached hydrogen (secondary N) is 2. The Bertz CT molecular complexity index is 617.